The first-order valence-electron chi connectivity index (χ1n) is 9.78. The van der Waals surface area contributed by atoms with Gasteiger partial charge in [-0.15, -0.1) is 0 Å². The van der Waals surface area contributed by atoms with Gasteiger partial charge in [-0.05, 0) is 13.0 Å². The average molecular weight is 526 g/mol. The van der Waals surface area contributed by atoms with Gasteiger partial charge in [0.25, 0.3) is 5.56 Å². The zero-order chi connectivity index (χ0) is 26.5. The van der Waals surface area contributed by atoms with E-state index in [2.05, 4.69) is 10.2 Å². The summed E-state index contributed by atoms with van der Waals surface area (Å²) >= 11 is 5.94. The maximum absolute atomic E-state index is 14.6. The predicted molar refractivity (Wildman–Crippen MR) is 113 cm³/mol. The third-order valence-corrected chi connectivity index (χ3v) is 4.88. The lowest BCUT2D eigenvalue weighted by Gasteiger charge is -2.17. The lowest BCUT2D eigenvalue weighted by atomic mass is 10.2. The predicted octanol–water partition coefficient (Wildman–Crippen LogP) is 1.77. The number of hydroxylamine groups is 1. The van der Waals surface area contributed by atoms with Gasteiger partial charge in [0.1, 0.15) is 23.9 Å². The molecule has 1 N–H and O–H groups in total. The minimum absolute atomic E-state index is 0.00646. The van der Waals surface area contributed by atoms with E-state index in [0.29, 0.717) is 6.07 Å². The van der Waals surface area contributed by atoms with Gasteiger partial charge in [-0.3, -0.25) is 23.8 Å². The number of methoxy groups -OCH3 is 1. The van der Waals surface area contributed by atoms with E-state index in [1.165, 1.54) is 14.0 Å². The van der Waals surface area contributed by atoms with Crippen molar-refractivity contribution in [1.29, 1.82) is 0 Å². The molecule has 0 radical (unpaired) electrons. The minimum atomic E-state index is -5.00. The summed E-state index contributed by atoms with van der Waals surface area (Å²) in [6.45, 7) is 0.884. The van der Waals surface area contributed by atoms with Crippen LogP contribution in [0.4, 0.5) is 17.6 Å². The average Bonchev–Trinajstić information content (AvgIpc) is 2.77. The number of halogens is 5. The number of rotatable bonds is 10. The SMILES string of the molecule is COC(=O)CCNOCC(=O)C(C)Oc1cc(-n2c(=O)cc(C(F)(F)F)n(C)c2=O)c(F)cc1Cl. The van der Waals surface area contributed by atoms with Crippen LogP contribution >= 0.6 is 11.6 Å². The number of hydrogen-bond acceptors (Lipinski definition) is 8. The third kappa shape index (κ3) is 6.90. The lowest BCUT2D eigenvalue weighted by Crippen LogP contribution is -2.41. The molecule has 15 heteroatoms. The third-order valence-electron chi connectivity index (χ3n) is 4.59. The highest BCUT2D eigenvalue weighted by molar-refractivity contribution is 6.32. The summed E-state index contributed by atoms with van der Waals surface area (Å²) in [5, 5.41) is -0.334. The van der Waals surface area contributed by atoms with Crippen molar-refractivity contribution in [2.24, 2.45) is 7.05 Å². The Morgan fingerprint density at radius 1 is 1.20 bits per heavy atom. The topological polar surface area (TPSA) is 118 Å². The fraction of sp³-hybridized carbons (Fsp3) is 0.400. The van der Waals surface area contributed by atoms with Gasteiger partial charge in [0.05, 0.1) is 24.2 Å². The summed E-state index contributed by atoms with van der Waals surface area (Å²) in [6, 6.07) is 1.64. The lowest BCUT2D eigenvalue weighted by molar-refractivity contribution is -0.144. The van der Waals surface area contributed by atoms with Crippen molar-refractivity contribution in [3.63, 3.8) is 0 Å². The summed E-state index contributed by atoms with van der Waals surface area (Å²) < 4.78 is 63.9. The highest BCUT2D eigenvalue weighted by Gasteiger charge is 2.35. The van der Waals surface area contributed by atoms with Gasteiger partial charge in [-0.2, -0.15) is 13.2 Å². The molecule has 1 unspecified atom stereocenters. The molecular formula is C20H20ClF4N3O7. The van der Waals surface area contributed by atoms with Crippen molar-refractivity contribution < 1.29 is 41.5 Å². The van der Waals surface area contributed by atoms with Crippen LogP contribution in [-0.4, -0.2) is 47.3 Å². The molecule has 0 spiro atoms. The number of Topliss-reactive ketones (excluding diaryl/α,β-unsaturated/α-hetero) is 1. The first-order chi connectivity index (χ1) is 16.3. The van der Waals surface area contributed by atoms with E-state index in [1.807, 2.05) is 0 Å². The highest BCUT2D eigenvalue weighted by Crippen LogP contribution is 2.30. The number of alkyl halides is 3. The molecule has 0 fully saturated rings. The molecular weight excluding hydrogens is 506 g/mol. The van der Waals surface area contributed by atoms with Crippen molar-refractivity contribution in [2.45, 2.75) is 25.6 Å². The van der Waals surface area contributed by atoms with E-state index in [-0.39, 0.29) is 38.9 Å². The van der Waals surface area contributed by atoms with Crippen LogP contribution in [0, 0.1) is 5.82 Å². The van der Waals surface area contributed by atoms with Crippen LogP contribution in [-0.2, 0) is 32.4 Å². The van der Waals surface area contributed by atoms with Crippen molar-refractivity contribution in [1.82, 2.24) is 14.6 Å². The molecule has 10 nitrogen and oxygen atoms in total. The number of nitrogens with zero attached hydrogens (tertiary/aromatic N) is 2. The number of ketones is 1. The molecule has 0 aliphatic carbocycles. The summed E-state index contributed by atoms with van der Waals surface area (Å²) in [6.07, 6.45) is -6.21. The number of hydrogen-bond donors (Lipinski definition) is 1. The normalized spacial score (nSPS) is 12.3. The molecule has 0 amide bonds. The Kier molecular flexibility index (Phi) is 9.18. The van der Waals surface area contributed by atoms with Gasteiger partial charge in [0, 0.05) is 25.7 Å². The molecule has 0 aliphatic heterocycles. The maximum Gasteiger partial charge on any atom is 0.431 e. The van der Waals surface area contributed by atoms with Crippen molar-refractivity contribution in [2.75, 3.05) is 20.3 Å². The van der Waals surface area contributed by atoms with E-state index in [1.54, 1.807) is 0 Å². The maximum atomic E-state index is 14.6. The van der Waals surface area contributed by atoms with Crippen LogP contribution in [0.2, 0.25) is 5.02 Å². The molecule has 1 aromatic heterocycles. The Hall–Kier alpha value is -3.23. The van der Waals surface area contributed by atoms with Crippen LogP contribution in [0.1, 0.15) is 19.0 Å². The molecule has 1 atom stereocenters. The van der Waals surface area contributed by atoms with Gasteiger partial charge in [0.15, 0.2) is 6.10 Å². The Bertz CT molecular complexity index is 1230. The first kappa shape index (κ1) is 28.0. The molecule has 2 aromatic rings. The van der Waals surface area contributed by atoms with E-state index in [4.69, 9.17) is 21.2 Å². The second kappa shape index (κ2) is 11.5. The van der Waals surface area contributed by atoms with Crippen LogP contribution < -0.4 is 21.5 Å². The molecule has 2 rings (SSSR count). The van der Waals surface area contributed by atoms with Crippen LogP contribution in [0.3, 0.4) is 0 Å². The number of nitrogens with one attached hydrogen (secondary N) is 1. The smallest absolute Gasteiger partial charge is 0.431 e. The van der Waals surface area contributed by atoms with Crippen molar-refractivity contribution in [3.8, 4) is 11.4 Å². The quantitative estimate of drug-likeness (QED) is 0.216. The number of ether oxygens (including phenoxy) is 2. The molecule has 35 heavy (non-hydrogen) atoms. The summed E-state index contributed by atoms with van der Waals surface area (Å²) in [7, 11) is 1.98. The zero-order valence-electron chi connectivity index (χ0n) is 18.6. The molecule has 0 saturated heterocycles. The number of aromatic nitrogens is 2. The van der Waals surface area contributed by atoms with Gasteiger partial charge in [-0.1, -0.05) is 11.6 Å². The fourth-order valence-electron chi connectivity index (χ4n) is 2.72. The van der Waals surface area contributed by atoms with Gasteiger partial charge < -0.3 is 9.47 Å². The van der Waals surface area contributed by atoms with Crippen LogP contribution in [0.25, 0.3) is 5.69 Å². The van der Waals surface area contributed by atoms with Crippen molar-refractivity contribution in [3.05, 3.63) is 55.6 Å². The van der Waals surface area contributed by atoms with Gasteiger partial charge in [-0.25, -0.2) is 19.2 Å². The largest absolute Gasteiger partial charge is 0.481 e. The Morgan fingerprint density at radius 3 is 2.46 bits per heavy atom. The highest BCUT2D eigenvalue weighted by atomic mass is 35.5. The zero-order valence-corrected chi connectivity index (χ0v) is 19.3. The van der Waals surface area contributed by atoms with E-state index >= 15 is 0 Å². The Balaban J connectivity index is 2.25. The minimum Gasteiger partial charge on any atom is -0.481 e. The molecule has 0 aliphatic rings. The molecule has 192 valence electrons. The standard InChI is InChI=1S/C20H20ClF4N3O7/c1-10(14(29)9-34-26-5-4-18(31)33-3)35-15-7-13(12(22)6-11(15)21)28-17(30)8-16(20(23,24)25)27(2)19(28)32/h6-8,10,26H,4-5,9H2,1-3H3. The fourth-order valence-corrected chi connectivity index (χ4v) is 2.92. The second-order valence-corrected chi connectivity index (χ2v) is 7.42. The Labute approximate surface area is 199 Å². The monoisotopic (exact) mass is 525 g/mol. The number of carbonyl (C=O) groups excluding carboxylic acids is 2. The van der Waals surface area contributed by atoms with E-state index in [9.17, 15) is 36.7 Å². The van der Waals surface area contributed by atoms with Crippen molar-refractivity contribution >= 4 is 23.4 Å². The van der Waals surface area contributed by atoms with E-state index in [0.717, 1.165) is 13.1 Å². The first-order valence-corrected chi connectivity index (χ1v) is 10.2. The number of benzene rings is 1. The van der Waals surface area contributed by atoms with Gasteiger partial charge >= 0.3 is 17.8 Å². The summed E-state index contributed by atoms with van der Waals surface area (Å²) in [4.78, 5) is 52.8. The number of carbonyl (C=O) groups is 2. The Morgan fingerprint density at radius 2 is 1.86 bits per heavy atom. The molecule has 1 aromatic carbocycles. The molecule has 1 heterocycles. The second-order valence-electron chi connectivity index (χ2n) is 7.01. The van der Waals surface area contributed by atoms with Crippen LogP contribution in [0.15, 0.2) is 27.8 Å². The molecule has 0 saturated carbocycles. The van der Waals surface area contributed by atoms with Gasteiger partial charge in [0.2, 0.25) is 5.78 Å². The summed E-state index contributed by atoms with van der Waals surface area (Å²) in [5.74, 6) is -2.62. The number of esters is 1. The molecule has 0 bridgehead atoms. The summed E-state index contributed by atoms with van der Waals surface area (Å²) in [5.41, 5.74) is -2.78. The van der Waals surface area contributed by atoms with E-state index < -0.39 is 59.1 Å². The van der Waals surface area contributed by atoms with Crippen LogP contribution in [0.5, 0.6) is 5.75 Å².